The second-order valence-corrected chi connectivity index (χ2v) is 4.54. The van der Waals surface area contributed by atoms with Gasteiger partial charge in [0.15, 0.2) is 11.5 Å². The summed E-state index contributed by atoms with van der Waals surface area (Å²) in [4.78, 5) is 14.7. The van der Waals surface area contributed by atoms with E-state index in [2.05, 4.69) is 4.98 Å². The first-order chi connectivity index (χ1) is 10.7. The zero-order valence-electron chi connectivity index (χ0n) is 11.7. The van der Waals surface area contributed by atoms with E-state index in [-0.39, 0.29) is 5.69 Å². The number of ether oxygens (including phenoxy) is 2. The van der Waals surface area contributed by atoms with Crippen molar-refractivity contribution in [2.45, 2.75) is 0 Å². The summed E-state index contributed by atoms with van der Waals surface area (Å²) in [5, 5.41) is 11.5. The molecule has 0 N–H and O–H groups in total. The first-order valence-corrected chi connectivity index (χ1v) is 6.53. The van der Waals surface area contributed by atoms with Crippen LogP contribution in [0.1, 0.15) is 0 Å². The van der Waals surface area contributed by atoms with Gasteiger partial charge in [-0.3, -0.25) is 10.1 Å². The van der Waals surface area contributed by atoms with Crippen molar-refractivity contribution in [3.63, 3.8) is 0 Å². The molecule has 0 aliphatic carbocycles. The van der Waals surface area contributed by atoms with Crippen LogP contribution in [0.5, 0.6) is 17.4 Å². The summed E-state index contributed by atoms with van der Waals surface area (Å²) in [6.45, 7) is 0. The topological polar surface area (TPSA) is 74.5 Å². The zero-order chi connectivity index (χ0) is 15.5. The molecular weight excluding hydrogens is 284 g/mol. The number of non-ortho nitro benzene ring substituents is 1. The van der Waals surface area contributed by atoms with E-state index < -0.39 is 4.92 Å². The Labute approximate surface area is 126 Å². The van der Waals surface area contributed by atoms with Gasteiger partial charge >= 0.3 is 0 Å². The Hall–Kier alpha value is -3.15. The van der Waals surface area contributed by atoms with Gasteiger partial charge in [-0.25, -0.2) is 4.98 Å². The lowest BCUT2D eigenvalue weighted by molar-refractivity contribution is -0.384. The lowest BCUT2D eigenvalue weighted by Gasteiger charge is -2.09. The van der Waals surface area contributed by atoms with Crippen molar-refractivity contribution in [3.8, 4) is 17.4 Å². The largest absolute Gasteiger partial charge is 0.493 e. The molecule has 6 heteroatoms. The van der Waals surface area contributed by atoms with E-state index >= 15 is 0 Å². The Bertz CT molecular complexity index is 848. The van der Waals surface area contributed by atoms with Gasteiger partial charge in [0, 0.05) is 23.6 Å². The highest BCUT2D eigenvalue weighted by Crippen LogP contribution is 2.31. The Morgan fingerprint density at radius 2 is 1.82 bits per heavy atom. The van der Waals surface area contributed by atoms with Gasteiger partial charge in [0.05, 0.1) is 17.5 Å². The summed E-state index contributed by atoms with van der Waals surface area (Å²) in [5.74, 6) is 1.55. The van der Waals surface area contributed by atoms with Crippen LogP contribution < -0.4 is 9.47 Å². The average Bonchev–Trinajstić information content (AvgIpc) is 2.54. The Morgan fingerprint density at radius 3 is 2.55 bits per heavy atom. The molecule has 1 aromatic heterocycles. The normalized spacial score (nSPS) is 10.4. The van der Waals surface area contributed by atoms with Crippen LogP contribution in [0.15, 0.2) is 54.6 Å². The fourth-order valence-electron chi connectivity index (χ4n) is 2.08. The van der Waals surface area contributed by atoms with E-state index in [9.17, 15) is 10.1 Å². The fourth-order valence-corrected chi connectivity index (χ4v) is 2.08. The lowest BCUT2D eigenvalue weighted by Crippen LogP contribution is -1.93. The number of nitro groups is 1. The molecule has 110 valence electrons. The monoisotopic (exact) mass is 296 g/mol. The van der Waals surface area contributed by atoms with Crippen molar-refractivity contribution in [1.29, 1.82) is 0 Å². The molecule has 0 amide bonds. The molecule has 3 aromatic rings. The molecule has 0 unspecified atom stereocenters. The highest BCUT2D eigenvalue weighted by molar-refractivity contribution is 5.81. The fraction of sp³-hybridized carbons (Fsp3) is 0.0625. The number of fused-ring (bicyclic) bond motifs is 1. The summed E-state index contributed by atoms with van der Waals surface area (Å²) < 4.78 is 10.9. The molecule has 0 bridgehead atoms. The quantitative estimate of drug-likeness (QED) is 0.538. The minimum atomic E-state index is -0.432. The highest BCUT2D eigenvalue weighted by Gasteiger charge is 2.09. The number of hydrogen-bond donors (Lipinski definition) is 0. The zero-order valence-corrected chi connectivity index (χ0v) is 11.7. The molecule has 2 aromatic carbocycles. The van der Waals surface area contributed by atoms with Gasteiger partial charge < -0.3 is 9.47 Å². The van der Waals surface area contributed by atoms with E-state index in [0.29, 0.717) is 28.3 Å². The van der Waals surface area contributed by atoms with Crippen molar-refractivity contribution >= 4 is 16.6 Å². The lowest BCUT2D eigenvalue weighted by atomic mass is 10.2. The molecule has 0 aliphatic heterocycles. The number of pyridine rings is 1. The first-order valence-electron chi connectivity index (χ1n) is 6.53. The van der Waals surface area contributed by atoms with Crippen LogP contribution in [0.25, 0.3) is 10.9 Å². The van der Waals surface area contributed by atoms with Crippen LogP contribution in [0.3, 0.4) is 0 Å². The average molecular weight is 296 g/mol. The molecule has 1 heterocycles. The van der Waals surface area contributed by atoms with Gasteiger partial charge in [-0.1, -0.05) is 12.1 Å². The molecule has 0 saturated heterocycles. The maximum atomic E-state index is 10.8. The predicted octanol–water partition coefficient (Wildman–Crippen LogP) is 3.94. The Kier molecular flexibility index (Phi) is 3.57. The van der Waals surface area contributed by atoms with E-state index in [1.165, 1.54) is 12.1 Å². The number of methoxy groups -OCH3 is 1. The van der Waals surface area contributed by atoms with Gasteiger partial charge in [0.2, 0.25) is 5.88 Å². The summed E-state index contributed by atoms with van der Waals surface area (Å²) in [6.07, 6.45) is 0. The van der Waals surface area contributed by atoms with Crippen molar-refractivity contribution in [1.82, 2.24) is 4.98 Å². The summed E-state index contributed by atoms with van der Waals surface area (Å²) in [7, 11) is 1.56. The second kappa shape index (κ2) is 5.69. The molecule has 22 heavy (non-hydrogen) atoms. The molecule has 3 rings (SSSR count). The number of para-hydroxylation sites is 2. The SMILES string of the molecule is COc1ccccc1Oc1ccc2cc([N+](=O)[O-])ccc2n1. The minimum absolute atomic E-state index is 0.0349. The summed E-state index contributed by atoms with van der Waals surface area (Å²) in [5.41, 5.74) is 0.658. The molecule has 0 radical (unpaired) electrons. The van der Waals surface area contributed by atoms with Crippen LogP contribution in [0.4, 0.5) is 5.69 Å². The third kappa shape index (κ3) is 2.67. The standard InChI is InChI=1S/C16H12N2O4/c1-21-14-4-2-3-5-15(14)22-16-9-6-11-10-12(18(19)20)7-8-13(11)17-16/h2-10H,1H3. The molecule has 0 fully saturated rings. The Balaban J connectivity index is 1.95. The van der Waals surface area contributed by atoms with Gasteiger partial charge in [-0.05, 0) is 24.3 Å². The van der Waals surface area contributed by atoms with Crippen LogP contribution in [-0.2, 0) is 0 Å². The van der Waals surface area contributed by atoms with E-state index in [1.54, 1.807) is 37.4 Å². The molecule has 0 saturated carbocycles. The van der Waals surface area contributed by atoms with Gasteiger partial charge in [0.25, 0.3) is 5.69 Å². The molecular formula is C16H12N2O4. The van der Waals surface area contributed by atoms with E-state index in [0.717, 1.165) is 0 Å². The third-order valence-electron chi connectivity index (χ3n) is 3.14. The number of nitro benzene ring substituents is 1. The van der Waals surface area contributed by atoms with Crippen LogP contribution in [-0.4, -0.2) is 17.0 Å². The number of aromatic nitrogens is 1. The van der Waals surface area contributed by atoms with Crippen molar-refractivity contribution in [3.05, 3.63) is 64.7 Å². The van der Waals surface area contributed by atoms with E-state index in [4.69, 9.17) is 9.47 Å². The Morgan fingerprint density at radius 1 is 1.05 bits per heavy atom. The third-order valence-corrected chi connectivity index (χ3v) is 3.14. The predicted molar refractivity (Wildman–Crippen MR) is 81.5 cm³/mol. The molecule has 6 nitrogen and oxygen atoms in total. The van der Waals surface area contributed by atoms with Gasteiger partial charge in [-0.15, -0.1) is 0 Å². The van der Waals surface area contributed by atoms with Crippen LogP contribution in [0.2, 0.25) is 0 Å². The maximum absolute atomic E-state index is 10.8. The highest BCUT2D eigenvalue weighted by atomic mass is 16.6. The summed E-state index contributed by atoms with van der Waals surface area (Å²) in [6, 6.07) is 15.2. The van der Waals surface area contributed by atoms with Gasteiger partial charge in [0.1, 0.15) is 0 Å². The number of hydrogen-bond acceptors (Lipinski definition) is 5. The first kappa shape index (κ1) is 13.8. The smallest absolute Gasteiger partial charge is 0.270 e. The van der Waals surface area contributed by atoms with Crippen LogP contribution in [0, 0.1) is 10.1 Å². The van der Waals surface area contributed by atoms with Crippen molar-refractivity contribution in [2.24, 2.45) is 0 Å². The number of rotatable bonds is 4. The van der Waals surface area contributed by atoms with Crippen LogP contribution >= 0.6 is 0 Å². The number of benzene rings is 2. The molecule has 0 aliphatic rings. The second-order valence-electron chi connectivity index (χ2n) is 4.54. The summed E-state index contributed by atoms with van der Waals surface area (Å²) >= 11 is 0. The molecule has 0 spiro atoms. The van der Waals surface area contributed by atoms with E-state index in [1.807, 2.05) is 12.1 Å². The van der Waals surface area contributed by atoms with Gasteiger partial charge in [-0.2, -0.15) is 0 Å². The van der Waals surface area contributed by atoms with Crippen molar-refractivity contribution in [2.75, 3.05) is 7.11 Å². The van der Waals surface area contributed by atoms with Crippen molar-refractivity contribution < 1.29 is 14.4 Å². The molecule has 0 atom stereocenters. The minimum Gasteiger partial charge on any atom is -0.493 e. The maximum Gasteiger partial charge on any atom is 0.270 e. The number of nitrogens with zero attached hydrogens (tertiary/aromatic N) is 2.